The topological polar surface area (TPSA) is 43.4 Å². The number of rotatable bonds is 6. The molecule has 0 aliphatic rings. The summed E-state index contributed by atoms with van der Waals surface area (Å²) in [6.07, 6.45) is 0. The lowest BCUT2D eigenvalue weighted by molar-refractivity contribution is 0.102. The van der Waals surface area contributed by atoms with Gasteiger partial charge in [-0.1, -0.05) is 0 Å². The van der Waals surface area contributed by atoms with Crippen molar-refractivity contribution in [3.8, 4) is 0 Å². The van der Waals surface area contributed by atoms with Crippen molar-refractivity contribution in [2.45, 2.75) is 13.8 Å². The number of ketones is 1. The molecule has 1 heterocycles. The number of hydrogen-bond donors (Lipinski definition) is 0. The van der Waals surface area contributed by atoms with Crippen LogP contribution >= 0.6 is 11.3 Å². The summed E-state index contributed by atoms with van der Waals surface area (Å²) in [5, 5.41) is 0. The van der Waals surface area contributed by atoms with E-state index in [1.807, 2.05) is 19.9 Å². The van der Waals surface area contributed by atoms with Gasteiger partial charge in [-0.05, 0) is 19.9 Å². The summed E-state index contributed by atoms with van der Waals surface area (Å²) in [6.45, 7) is 4.32. The maximum Gasteiger partial charge on any atom is 0.176 e. The molecule has 1 rings (SSSR count). The van der Waals surface area contributed by atoms with E-state index in [1.54, 1.807) is 18.4 Å². The Labute approximate surface area is 102 Å². The lowest BCUT2D eigenvalue weighted by atomic mass is 10.2. The van der Waals surface area contributed by atoms with E-state index in [4.69, 9.17) is 4.74 Å². The van der Waals surface area contributed by atoms with Gasteiger partial charge in [-0.15, -0.1) is 11.3 Å². The molecule has 0 saturated heterocycles. The van der Waals surface area contributed by atoms with Crippen molar-refractivity contribution in [1.82, 2.24) is 0 Å². The molecule has 1 aromatic rings. The Morgan fingerprint density at radius 2 is 2.19 bits per heavy atom. The number of Topliss-reactive ketones (excluding diaryl/α,β-unsaturated/α-hetero) is 1. The molecule has 0 aliphatic carbocycles. The summed E-state index contributed by atoms with van der Waals surface area (Å²) in [7, 11) is 0.442. The Morgan fingerprint density at radius 1 is 1.50 bits per heavy atom. The molecule has 3 nitrogen and oxygen atoms in total. The monoisotopic (exact) mass is 260 g/mol. The molecular formula is C11H16O3S2. The molecule has 0 fully saturated rings. The minimum absolute atomic E-state index is 0.0312. The second kappa shape index (κ2) is 6.27. The zero-order chi connectivity index (χ0) is 12.1. The van der Waals surface area contributed by atoms with Gasteiger partial charge in [0.2, 0.25) is 0 Å². The molecule has 16 heavy (non-hydrogen) atoms. The van der Waals surface area contributed by atoms with Gasteiger partial charge in [0.25, 0.3) is 0 Å². The van der Waals surface area contributed by atoms with Gasteiger partial charge in [0.15, 0.2) is 5.78 Å². The second-order valence-corrected chi connectivity index (χ2v) is 6.57. The minimum atomic E-state index is -1.12. The molecular weight excluding hydrogens is 244 g/mol. The predicted octanol–water partition coefficient (Wildman–Crippen LogP) is 1.94. The van der Waals surface area contributed by atoms with Gasteiger partial charge >= 0.3 is 0 Å². The first kappa shape index (κ1) is 13.5. The molecule has 0 aromatic carbocycles. The molecule has 0 amide bonds. The Bertz CT molecular complexity index is 396. The summed E-state index contributed by atoms with van der Waals surface area (Å²) in [5.74, 6) is 0.487. The van der Waals surface area contributed by atoms with E-state index in [-0.39, 0.29) is 11.5 Å². The van der Waals surface area contributed by atoms with Crippen molar-refractivity contribution in [1.29, 1.82) is 0 Å². The summed E-state index contributed by atoms with van der Waals surface area (Å²) in [6, 6.07) is 1.87. The van der Waals surface area contributed by atoms with E-state index in [1.165, 1.54) is 0 Å². The first-order valence-corrected chi connectivity index (χ1v) is 7.29. The molecule has 1 atom stereocenters. The number of methoxy groups -OCH3 is 1. The number of carbonyl (C=O) groups excluding carboxylic acids is 1. The SMILES string of the molecule is COCCS(=O)CC(=O)c1cc(C)sc1C. The fourth-order valence-electron chi connectivity index (χ4n) is 1.38. The molecule has 90 valence electrons. The van der Waals surface area contributed by atoms with Crippen LogP contribution in [0.25, 0.3) is 0 Å². The molecule has 5 heteroatoms. The highest BCUT2D eigenvalue weighted by atomic mass is 32.2. The van der Waals surface area contributed by atoms with Crippen molar-refractivity contribution in [3.05, 3.63) is 21.4 Å². The highest BCUT2D eigenvalue weighted by Gasteiger charge is 2.14. The van der Waals surface area contributed by atoms with E-state index >= 15 is 0 Å². The van der Waals surface area contributed by atoms with Crippen molar-refractivity contribution in [3.63, 3.8) is 0 Å². The van der Waals surface area contributed by atoms with Gasteiger partial charge in [-0.3, -0.25) is 9.00 Å². The Balaban J connectivity index is 2.59. The summed E-state index contributed by atoms with van der Waals surface area (Å²) in [5.41, 5.74) is 0.716. The minimum Gasteiger partial charge on any atom is -0.384 e. The smallest absolute Gasteiger partial charge is 0.176 e. The molecule has 0 spiro atoms. The van der Waals surface area contributed by atoms with Crippen LogP contribution in [0.1, 0.15) is 20.1 Å². The highest BCUT2D eigenvalue weighted by Crippen LogP contribution is 2.21. The van der Waals surface area contributed by atoms with Gasteiger partial charge in [-0.25, -0.2) is 0 Å². The summed E-state index contributed by atoms with van der Waals surface area (Å²) < 4.78 is 16.3. The van der Waals surface area contributed by atoms with Crippen LogP contribution in [-0.4, -0.2) is 35.2 Å². The lowest BCUT2D eigenvalue weighted by Crippen LogP contribution is -2.15. The maximum atomic E-state index is 11.8. The second-order valence-electron chi connectivity index (χ2n) is 3.53. The van der Waals surface area contributed by atoms with Gasteiger partial charge in [0.05, 0.1) is 12.4 Å². The van der Waals surface area contributed by atoms with Crippen LogP contribution in [0, 0.1) is 13.8 Å². The fraction of sp³-hybridized carbons (Fsp3) is 0.545. The van der Waals surface area contributed by atoms with Gasteiger partial charge in [-0.2, -0.15) is 0 Å². The molecule has 0 N–H and O–H groups in total. The third kappa shape index (κ3) is 3.81. The van der Waals surface area contributed by atoms with Crippen molar-refractivity contribution in [2.75, 3.05) is 25.2 Å². The first-order valence-electron chi connectivity index (χ1n) is 4.98. The normalized spacial score (nSPS) is 12.7. The van der Waals surface area contributed by atoms with Crippen LogP contribution in [-0.2, 0) is 15.5 Å². The predicted molar refractivity (Wildman–Crippen MR) is 67.9 cm³/mol. The molecule has 0 bridgehead atoms. The number of carbonyl (C=O) groups is 1. The van der Waals surface area contributed by atoms with Crippen LogP contribution < -0.4 is 0 Å². The third-order valence-corrected chi connectivity index (χ3v) is 4.32. The first-order chi connectivity index (χ1) is 7.54. The maximum absolute atomic E-state index is 11.8. The van der Waals surface area contributed by atoms with Crippen LogP contribution in [0.2, 0.25) is 0 Å². The lowest BCUT2D eigenvalue weighted by Gasteiger charge is -2.00. The molecule has 0 aliphatic heterocycles. The fourth-order valence-corrected chi connectivity index (χ4v) is 3.27. The number of aryl methyl sites for hydroxylation is 2. The van der Waals surface area contributed by atoms with E-state index in [2.05, 4.69) is 0 Å². The van der Waals surface area contributed by atoms with E-state index in [9.17, 15) is 9.00 Å². The number of thiophene rings is 1. The van der Waals surface area contributed by atoms with Gasteiger partial charge in [0.1, 0.15) is 0 Å². The van der Waals surface area contributed by atoms with Crippen LogP contribution in [0.3, 0.4) is 0 Å². The van der Waals surface area contributed by atoms with E-state index in [0.29, 0.717) is 17.9 Å². The van der Waals surface area contributed by atoms with Gasteiger partial charge in [0, 0.05) is 39.0 Å². The van der Waals surface area contributed by atoms with Crippen molar-refractivity contribution in [2.24, 2.45) is 0 Å². The summed E-state index contributed by atoms with van der Waals surface area (Å²) in [4.78, 5) is 13.9. The Kier molecular flexibility index (Phi) is 5.31. The standard InChI is InChI=1S/C11H16O3S2/c1-8-6-10(9(2)15-8)11(12)7-16(13)5-4-14-3/h6H,4-5,7H2,1-3H3. The zero-order valence-electron chi connectivity index (χ0n) is 9.74. The van der Waals surface area contributed by atoms with Crippen LogP contribution in [0.4, 0.5) is 0 Å². The van der Waals surface area contributed by atoms with E-state index in [0.717, 1.165) is 9.75 Å². The average Bonchev–Trinajstić information content (AvgIpc) is 2.54. The van der Waals surface area contributed by atoms with Crippen molar-refractivity contribution < 1.29 is 13.7 Å². The van der Waals surface area contributed by atoms with Crippen LogP contribution in [0.15, 0.2) is 6.07 Å². The number of ether oxygens (including phenoxy) is 1. The molecule has 0 saturated carbocycles. The molecule has 1 unspecified atom stereocenters. The van der Waals surface area contributed by atoms with Crippen molar-refractivity contribution >= 4 is 27.9 Å². The van der Waals surface area contributed by atoms with Crippen LogP contribution in [0.5, 0.6) is 0 Å². The van der Waals surface area contributed by atoms with E-state index < -0.39 is 10.8 Å². The Morgan fingerprint density at radius 3 is 2.69 bits per heavy atom. The number of hydrogen-bond acceptors (Lipinski definition) is 4. The molecule has 0 radical (unpaired) electrons. The summed E-state index contributed by atoms with van der Waals surface area (Å²) >= 11 is 1.60. The van der Waals surface area contributed by atoms with Gasteiger partial charge < -0.3 is 4.74 Å². The Hall–Kier alpha value is -0.520. The highest BCUT2D eigenvalue weighted by molar-refractivity contribution is 7.85. The largest absolute Gasteiger partial charge is 0.384 e. The third-order valence-electron chi connectivity index (χ3n) is 2.15. The quantitative estimate of drug-likeness (QED) is 0.734. The zero-order valence-corrected chi connectivity index (χ0v) is 11.4. The molecule has 1 aromatic heterocycles. The average molecular weight is 260 g/mol.